The fraction of sp³-hybridized carbons (Fsp3) is 0.556. The molecule has 1 aromatic heterocycles. The maximum absolute atomic E-state index is 5.42. The first-order valence-corrected chi connectivity index (χ1v) is 4.62. The molecule has 2 nitrogen and oxygen atoms in total. The molecular formula is C9H16NOP. The van der Waals surface area contributed by atoms with E-state index in [1.165, 1.54) is 5.56 Å². The first-order valence-electron chi connectivity index (χ1n) is 4.04. The molecule has 0 spiro atoms. The Morgan fingerprint density at radius 2 is 2.08 bits per heavy atom. The minimum atomic E-state index is 0.419. The van der Waals surface area contributed by atoms with E-state index in [4.69, 9.17) is 4.42 Å². The van der Waals surface area contributed by atoms with Gasteiger partial charge in [-0.15, -0.1) is 0 Å². The predicted octanol–water partition coefficient (Wildman–Crippen LogP) is 1.71. The maximum atomic E-state index is 5.42. The van der Waals surface area contributed by atoms with Crippen LogP contribution in [-0.2, 0) is 0 Å². The van der Waals surface area contributed by atoms with Crippen molar-refractivity contribution in [1.82, 2.24) is 4.90 Å². The first-order chi connectivity index (χ1) is 5.52. The molecule has 1 heterocycles. The molecule has 0 aliphatic carbocycles. The molecular weight excluding hydrogens is 169 g/mol. The molecule has 1 rings (SSSR count). The topological polar surface area (TPSA) is 16.4 Å². The standard InChI is InChI=1S/C9H16NOP/c1-6(10(3)4)8-5-9(12)11-7(8)2/h5-6H,12H2,1-4H3. The highest BCUT2D eigenvalue weighted by Gasteiger charge is 2.13. The van der Waals surface area contributed by atoms with Crippen molar-refractivity contribution < 1.29 is 4.42 Å². The van der Waals surface area contributed by atoms with E-state index >= 15 is 0 Å². The smallest absolute Gasteiger partial charge is 0.119 e. The van der Waals surface area contributed by atoms with Crippen LogP contribution in [0.2, 0.25) is 0 Å². The van der Waals surface area contributed by atoms with Crippen LogP contribution in [-0.4, -0.2) is 19.0 Å². The fourth-order valence-electron chi connectivity index (χ4n) is 1.21. The van der Waals surface area contributed by atoms with Gasteiger partial charge in [-0.2, -0.15) is 0 Å². The number of hydrogen-bond donors (Lipinski definition) is 0. The van der Waals surface area contributed by atoms with Gasteiger partial charge < -0.3 is 9.32 Å². The Kier molecular flexibility index (Phi) is 2.92. The summed E-state index contributed by atoms with van der Waals surface area (Å²) in [7, 11) is 6.71. The van der Waals surface area contributed by atoms with Gasteiger partial charge in [0, 0.05) is 11.6 Å². The fourth-order valence-corrected chi connectivity index (χ4v) is 1.57. The average Bonchev–Trinajstić information content (AvgIpc) is 2.28. The average molecular weight is 185 g/mol. The molecule has 0 radical (unpaired) electrons. The summed E-state index contributed by atoms with van der Waals surface area (Å²) in [5.41, 5.74) is 2.18. The van der Waals surface area contributed by atoms with Crippen molar-refractivity contribution in [3.05, 3.63) is 17.4 Å². The molecule has 3 heteroatoms. The molecule has 68 valence electrons. The summed E-state index contributed by atoms with van der Waals surface area (Å²) < 4.78 is 5.42. The molecule has 0 N–H and O–H groups in total. The van der Waals surface area contributed by atoms with Crippen LogP contribution in [0, 0.1) is 6.92 Å². The molecule has 2 atom stereocenters. The van der Waals surface area contributed by atoms with Crippen LogP contribution in [0.4, 0.5) is 0 Å². The van der Waals surface area contributed by atoms with Crippen LogP contribution in [0.3, 0.4) is 0 Å². The summed E-state index contributed by atoms with van der Waals surface area (Å²) in [6.07, 6.45) is 0. The van der Waals surface area contributed by atoms with Gasteiger partial charge in [0.1, 0.15) is 11.3 Å². The van der Waals surface area contributed by atoms with Gasteiger partial charge in [0.25, 0.3) is 0 Å². The Morgan fingerprint density at radius 1 is 1.50 bits per heavy atom. The molecule has 0 bridgehead atoms. The van der Waals surface area contributed by atoms with E-state index < -0.39 is 0 Å². The van der Waals surface area contributed by atoms with E-state index in [2.05, 4.69) is 41.2 Å². The van der Waals surface area contributed by atoms with Crippen LogP contribution < -0.4 is 5.50 Å². The molecule has 0 aromatic carbocycles. The molecule has 0 aliphatic heterocycles. The number of furan rings is 1. The largest absolute Gasteiger partial charge is 0.462 e. The predicted molar refractivity (Wildman–Crippen MR) is 54.9 cm³/mol. The van der Waals surface area contributed by atoms with Crippen molar-refractivity contribution in [2.24, 2.45) is 0 Å². The molecule has 0 saturated carbocycles. The van der Waals surface area contributed by atoms with Gasteiger partial charge in [-0.05, 0) is 34.0 Å². The zero-order chi connectivity index (χ0) is 9.30. The highest BCUT2D eigenvalue weighted by molar-refractivity contribution is 7.26. The molecule has 12 heavy (non-hydrogen) atoms. The second kappa shape index (κ2) is 3.59. The van der Waals surface area contributed by atoms with Crippen molar-refractivity contribution in [2.45, 2.75) is 19.9 Å². The van der Waals surface area contributed by atoms with E-state index in [-0.39, 0.29) is 0 Å². The van der Waals surface area contributed by atoms with Crippen LogP contribution in [0.15, 0.2) is 10.5 Å². The van der Waals surface area contributed by atoms with Gasteiger partial charge in [-0.3, -0.25) is 0 Å². The lowest BCUT2D eigenvalue weighted by molar-refractivity contribution is 0.317. The van der Waals surface area contributed by atoms with Crippen molar-refractivity contribution in [3.63, 3.8) is 0 Å². The van der Waals surface area contributed by atoms with E-state index in [0.29, 0.717) is 6.04 Å². The SMILES string of the molecule is Cc1oc(P)cc1C(C)N(C)C. The zero-order valence-corrected chi connectivity index (χ0v) is 9.24. The summed E-state index contributed by atoms with van der Waals surface area (Å²) in [6, 6.07) is 2.49. The van der Waals surface area contributed by atoms with E-state index in [1.54, 1.807) is 0 Å². The van der Waals surface area contributed by atoms with Crippen molar-refractivity contribution >= 4 is 14.7 Å². The van der Waals surface area contributed by atoms with Gasteiger partial charge in [-0.25, -0.2) is 0 Å². The summed E-state index contributed by atoms with van der Waals surface area (Å²) >= 11 is 0. The Labute approximate surface area is 76.1 Å². The summed E-state index contributed by atoms with van der Waals surface area (Å²) in [4.78, 5) is 2.17. The molecule has 0 fully saturated rings. The Balaban J connectivity index is 2.94. The second-order valence-corrected chi connectivity index (χ2v) is 3.87. The van der Waals surface area contributed by atoms with E-state index in [0.717, 1.165) is 11.3 Å². The Hall–Kier alpha value is -0.330. The third-order valence-electron chi connectivity index (χ3n) is 2.20. The lowest BCUT2D eigenvalue weighted by atomic mass is 10.1. The highest BCUT2D eigenvalue weighted by atomic mass is 31.0. The van der Waals surface area contributed by atoms with Crippen molar-refractivity contribution in [3.8, 4) is 0 Å². The van der Waals surface area contributed by atoms with Crippen molar-refractivity contribution in [2.75, 3.05) is 14.1 Å². The minimum absolute atomic E-state index is 0.419. The summed E-state index contributed by atoms with van der Waals surface area (Å²) in [6.45, 7) is 4.17. The Bertz CT molecular complexity index is 267. The van der Waals surface area contributed by atoms with Gasteiger partial charge in [0.15, 0.2) is 0 Å². The van der Waals surface area contributed by atoms with Gasteiger partial charge in [0.05, 0.1) is 0 Å². The van der Waals surface area contributed by atoms with Crippen LogP contribution >= 0.6 is 9.24 Å². The van der Waals surface area contributed by atoms with Gasteiger partial charge >= 0.3 is 0 Å². The highest BCUT2D eigenvalue weighted by Crippen LogP contribution is 2.21. The van der Waals surface area contributed by atoms with Crippen molar-refractivity contribution in [1.29, 1.82) is 0 Å². The molecule has 2 unspecified atom stereocenters. The zero-order valence-electron chi connectivity index (χ0n) is 8.09. The third-order valence-corrected chi connectivity index (χ3v) is 2.48. The quantitative estimate of drug-likeness (QED) is 0.652. The third kappa shape index (κ3) is 1.88. The van der Waals surface area contributed by atoms with Gasteiger partial charge in [0.2, 0.25) is 0 Å². The molecule has 0 amide bonds. The van der Waals surface area contributed by atoms with E-state index in [1.807, 2.05) is 6.92 Å². The normalized spacial score (nSPS) is 13.8. The Morgan fingerprint density at radius 3 is 2.42 bits per heavy atom. The second-order valence-electron chi connectivity index (χ2n) is 3.30. The number of hydrogen-bond acceptors (Lipinski definition) is 2. The first kappa shape index (κ1) is 9.76. The number of nitrogens with zero attached hydrogens (tertiary/aromatic N) is 1. The van der Waals surface area contributed by atoms with Gasteiger partial charge in [-0.1, -0.05) is 9.24 Å². The lowest BCUT2D eigenvalue weighted by Gasteiger charge is -2.18. The molecule has 0 aliphatic rings. The van der Waals surface area contributed by atoms with Crippen LogP contribution in [0.25, 0.3) is 0 Å². The molecule has 0 saturated heterocycles. The maximum Gasteiger partial charge on any atom is 0.119 e. The van der Waals surface area contributed by atoms with Crippen LogP contribution in [0.5, 0.6) is 0 Å². The number of aryl methyl sites for hydroxylation is 1. The number of rotatable bonds is 2. The molecule has 1 aromatic rings. The summed E-state index contributed by atoms with van der Waals surface area (Å²) in [5.74, 6) is 1.02. The minimum Gasteiger partial charge on any atom is -0.462 e. The lowest BCUT2D eigenvalue weighted by Crippen LogP contribution is -2.16. The summed E-state index contributed by atoms with van der Waals surface area (Å²) in [5, 5.41) is 0. The van der Waals surface area contributed by atoms with Crippen LogP contribution in [0.1, 0.15) is 24.3 Å². The monoisotopic (exact) mass is 185 g/mol. The van der Waals surface area contributed by atoms with E-state index in [9.17, 15) is 0 Å².